The van der Waals surface area contributed by atoms with Gasteiger partial charge in [-0.15, -0.1) is 0 Å². The molecule has 2 heterocycles. The van der Waals surface area contributed by atoms with E-state index in [0.29, 0.717) is 12.3 Å². The normalized spacial score (nSPS) is 49.5. The molecule has 0 unspecified atom stereocenters. The lowest BCUT2D eigenvalue weighted by Gasteiger charge is -2.62. The van der Waals surface area contributed by atoms with E-state index in [2.05, 4.69) is 19.9 Å². The van der Waals surface area contributed by atoms with Crippen molar-refractivity contribution in [2.24, 2.45) is 28.4 Å². The second kappa shape index (κ2) is 9.02. The second-order valence-electron chi connectivity index (χ2n) is 13.1. The molecule has 1 aliphatic heterocycles. The third kappa shape index (κ3) is 3.91. The molecule has 3 saturated carbocycles. The molecule has 0 aromatic carbocycles. The molecule has 1 aromatic rings. The number of fused-ring (bicyclic) bond motifs is 5. The number of ether oxygens (including phenoxy) is 2. The first-order valence-electron chi connectivity index (χ1n) is 14.3. The molecular weight excluding hydrogens is 470 g/mol. The van der Waals surface area contributed by atoms with Crippen molar-refractivity contribution in [3.63, 3.8) is 0 Å². The van der Waals surface area contributed by atoms with E-state index >= 15 is 0 Å². The largest absolute Gasteiger partial charge is 0.431 e. The maximum absolute atomic E-state index is 12.4. The number of nitrogens with two attached hydrogens (primary N) is 1. The highest BCUT2D eigenvalue weighted by Crippen LogP contribution is 2.70. The lowest BCUT2D eigenvalue weighted by atomic mass is 9.45. The molecule has 0 amide bonds. The Morgan fingerprint density at radius 2 is 1.89 bits per heavy atom. The smallest absolute Gasteiger partial charge is 0.335 e. The Kier molecular flexibility index (Phi) is 6.28. The topological polar surface area (TPSA) is 115 Å². The maximum Gasteiger partial charge on any atom is 0.335 e. The van der Waals surface area contributed by atoms with Crippen LogP contribution in [-0.2, 0) is 9.47 Å². The Morgan fingerprint density at radius 3 is 2.62 bits per heavy atom. The van der Waals surface area contributed by atoms with Gasteiger partial charge in [-0.1, -0.05) is 25.5 Å². The lowest BCUT2D eigenvalue weighted by molar-refractivity contribution is -0.231. The van der Waals surface area contributed by atoms with E-state index in [1.807, 2.05) is 13.0 Å². The molecule has 37 heavy (non-hydrogen) atoms. The minimum Gasteiger partial charge on any atom is -0.431 e. The Bertz CT molecular complexity index is 1090. The van der Waals surface area contributed by atoms with Crippen LogP contribution in [-0.4, -0.2) is 46.5 Å². The van der Waals surface area contributed by atoms with E-state index in [4.69, 9.17) is 19.6 Å². The minimum absolute atomic E-state index is 0.0149. The van der Waals surface area contributed by atoms with Gasteiger partial charge in [-0.2, -0.15) is 0 Å². The van der Waals surface area contributed by atoms with Crippen LogP contribution in [0.3, 0.4) is 0 Å². The molecule has 7 heteroatoms. The van der Waals surface area contributed by atoms with Crippen LogP contribution in [0.2, 0.25) is 0 Å². The second-order valence-corrected chi connectivity index (χ2v) is 13.1. The Hall–Kier alpha value is -1.51. The summed E-state index contributed by atoms with van der Waals surface area (Å²) in [7, 11) is 0. The zero-order valence-corrected chi connectivity index (χ0v) is 22.4. The van der Waals surface area contributed by atoms with E-state index in [1.165, 1.54) is 11.6 Å². The number of hydrogen-bond donors (Lipinski definition) is 3. The van der Waals surface area contributed by atoms with Crippen LogP contribution in [0.1, 0.15) is 90.0 Å². The summed E-state index contributed by atoms with van der Waals surface area (Å²) in [5, 5.41) is 22.7. The number of aliphatic hydroxyl groups is 2. The molecule has 4 aliphatic carbocycles. The Labute approximate surface area is 219 Å². The fourth-order valence-electron chi connectivity index (χ4n) is 9.21. The summed E-state index contributed by atoms with van der Waals surface area (Å²) in [6.45, 7) is 6.58. The SMILES string of the molecule is C[C@@H]1O[C@@H](O[C@@H]2C=C3CC[C@@H]4[C@H](CC[C@]5(C)[C@@H](c6ccc(=O)oc6)CC[C@]45O)[C@@]3(C)CC2)C[C@H](O)[C@H]1N. The maximum atomic E-state index is 12.4. The van der Waals surface area contributed by atoms with Gasteiger partial charge in [-0.3, -0.25) is 0 Å². The van der Waals surface area contributed by atoms with E-state index in [9.17, 15) is 15.0 Å². The quantitative estimate of drug-likeness (QED) is 0.523. The fourth-order valence-corrected chi connectivity index (χ4v) is 9.21. The summed E-state index contributed by atoms with van der Waals surface area (Å²) in [5.41, 5.74) is 7.34. The summed E-state index contributed by atoms with van der Waals surface area (Å²) in [5.74, 6) is 0.925. The van der Waals surface area contributed by atoms with Gasteiger partial charge in [-0.25, -0.2) is 4.79 Å². The van der Waals surface area contributed by atoms with Gasteiger partial charge < -0.3 is 29.8 Å². The molecule has 1 saturated heterocycles. The van der Waals surface area contributed by atoms with Crippen LogP contribution in [0.5, 0.6) is 0 Å². The molecule has 5 aliphatic rings. The number of allylic oxidation sites excluding steroid dienone is 1. The highest BCUT2D eigenvalue weighted by molar-refractivity contribution is 5.31. The van der Waals surface area contributed by atoms with Crippen molar-refractivity contribution in [3.8, 4) is 0 Å². The highest BCUT2D eigenvalue weighted by atomic mass is 16.7. The summed E-state index contributed by atoms with van der Waals surface area (Å²) in [6.07, 6.45) is 10.8. The van der Waals surface area contributed by atoms with E-state index in [1.54, 1.807) is 6.26 Å². The van der Waals surface area contributed by atoms with Gasteiger partial charge in [0.2, 0.25) is 0 Å². The van der Waals surface area contributed by atoms with Crippen LogP contribution in [0.15, 0.2) is 39.3 Å². The van der Waals surface area contributed by atoms with Crippen molar-refractivity contribution in [2.45, 2.75) is 121 Å². The third-order valence-electron chi connectivity index (χ3n) is 11.5. The average Bonchev–Trinajstić information content (AvgIpc) is 3.14. The zero-order valence-electron chi connectivity index (χ0n) is 22.4. The Balaban J connectivity index is 1.21. The van der Waals surface area contributed by atoms with Gasteiger partial charge in [0.15, 0.2) is 6.29 Å². The Morgan fingerprint density at radius 1 is 1.08 bits per heavy atom. The fraction of sp³-hybridized carbons (Fsp3) is 0.767. The number of hydrogen-bond acceptors (Lipinski definition) is 7. The monoisotopic (exact) mass is 513 g/mol. The van der Waals surface area contributed by atoms with Gasteiger partial charge >= 0.3 is 5.63 Å². The molecule has 0 spiro atoms. The molecular formula is C30H43NO6. The number of rotatable bonds is 3. The standard InChI is InChI=1S/C30H43NO6/c1-17-27(31)24(32)15-26(36-17)37-20-8-11-28(2)19(14-20)5-6-23-22(28)9-12-29(3)21(10-13-30(23,29)34)18-4-7-25(33)35-16-18/h4,7,14,16-17,20-24,26-27,32,34H,5-6,8-13,15,31H2,1-3H3/t17-,20-,21+,22-,23+,24-,26-,27-,28-,29+,30-/m0/s1. The van der Waals surface area contributed by atoms with Crippen LogP contribution < -0.4 is 11.4 Å². The molecule has 11 atom stereocenters. The van der Waals surface area contributed by atoms with E-state index in [-0.39, 0.29) is 46.5 Å². The predicted octanol–water partition coefficient (Wildman–Crippen LogP) is 4.01. The molecule has 4 N–H and O–H groups in total. The van der Waals surface area contributed by atoms with Gasteiger partial charge in [0.05, 0.1) is 36.2 Å². The highest BCUT2D eigenvalue weighted by Gasteiger charge is 2.66. The van der Waals surface area contributed by atoms with Crippen molar-refractivity contribution < 1.29 is 24.1 Å². The van der Waals surface area contributed by atoms with Gasteiger partial charge in [0, 0.05) is 17.9 Å². The van der Waals surface area contributed by atoms with Crippen molar-refractivity contribution >= 4 is 0 Å². The first kappa shape index (κ1) is 25.8. The van der Waals surface area contributed by atoms with Crippen LogP contribution >= 0.6 is 0 Å². The molecule has 0 radical (unpaired) electrons. The first-order chi connectivity index (χ1) is 17.5. The van der Waals surface area contributed by atoms with Crippen molar-refractivity contribution in [2.75, 3.05) is 0 Å². The average molecular weight is 514 g/mol. The third-order valence-corrected chi connectivity index (χ3v) is 11.5. The molecule has 204 valence electrons. The van der Waals surface area contributed by atoms with Gasteiger partial charge in [-0.05, 0) is 93.1 Å². The van der Waals surface area contributed by atoms with E-state index in [0.717, 1.165) is 56.9 Å². The molecule has 6 rings (SSSR count). The van der Waals surface area contributed by atoms with Crippen molar-refractivity contribution in [1.29, 1.82) is 0 Å². The van der Waals surface area contributed by atoms with Crippen LogP contribution in [0, 0.1) is 22.7 Å². The summed E-state index contributed by atoms with van der Waals surface area (Å²) in [6, 6.07) is 3.03. The zero-order chi connectivity index (χ0) is 26.2. The van der Waals surface area contributed by atoms with E-state index < -0.39 is 18.0 Å². The number of aliphatic hydroxyl groups excluding tert-OH is 1. The molecule has 1 aromatic heterocycles. The van der Waals surface area contributed by atoms with Gasteiger partial charge in [0.1, 0.15) is 0 Å². The van der Waals surface area contributed by atoms with Crippen molar-refractivity contribution in [1.82, 2.24) is 0 Å². The van der Waals surface area contributed by atoms with Gasteiger partial charge in [0.25, 0.3) is 0 Å². The summed E-state index contributed by atoms with van der Waals surface area (Å²) in [4.78, 5) is 11.5. The summed E-state index contributed by atoms with van der Waals surface area (Å²) >= 11 is 0. The molecule has 7 nitrogen and oxygen atoms in total. The first-order valence-corrected chi connectivity index (χ1v) is 14.3. The minimum atomic E-state index is -0.709. The van der Waals surface area contributed by atoms with Crippen LogP contribution in [0.25, 0.3) is 0 Å². The van der Waals surface area contributed by atoms with Crippen molar-refractivity contribution in [3.05, 3.63) is 46.0 Å². The summed E-state index contributed by atoms with van der Waals surface area (Å²) < 4.78 is 17.5. The molecule has 4 fully saturated rings. The predicted molar refractivity (Wildman–Crippen MR) is 139 cm³/mol. The van der Waals surface area contributed by atoms with Crippen LogP contribution in [0.4, 0.5) is 0 Å². The lowest BCUT2D eigenvalue weighted by Crippen LogP contribution is -2.60. The molecule has 0 bridgehead atoms.